The van der Waals surface area contributed by atoms with E-state index in [1.165, 1.54) is 141 Å². The molecule has 0 bridgehead atoms. The molecule has 480 valence electrons. The molecule has 18 rings (SSSR count). The highest BCUT2D eigenvalue weighted by Crippen LogP contribution is 2.41. The van der Waals surface area contributed by atoms with Gasteiger partial charge in [-0.3, -0.25) is 0 Å². The zero-order valence-corrected chi connectivity index (χ0v) is 56.1. The van der Waals surface area contributed by atoms with E-state index in [4.69, 9.17) is 8.83 Å². The summed E-state index contributed by atoms with van der Waals surface area (Å²) in [6.45, 7) is 20.5. The van der Waals surface area contributed by atoms with Gasteiger partial charge in [0, 0.05) is 21.5 Å². The third-order valence-electron chi connectivity index (χ3n) is 17.6. The molecule has 0 amide bonds. The smallest absolute Gasteiger partial charge is 0.136 e. The Morgan fingerprint density at radius 1 is 0.219 bits per heavy atom. The van der Waals surface area contributed by atoms with Gasteiger partial charge < -0.3 is 8.83 Å². The maximum Gasteiger partial charge on any atom is 0.136 e. The Kier molecular flexibility index (Phi) is 23.8. The van der Waals surface area contributed by atoms with Gasteiger partial charge in [0.1, 0.15) is 22.3 Å². The lowest BCUT2D eigenvalue weighted by Crippen LogP contribution is -1.95. The molecule has 0 aliphatic carbocycles. The Morgan fingerprint density at radius 2 is 0.510 bits per heavy atom. The van der Waals surface area contributed by atoms with E-state index in [2.05, 4.69) is 317 Å². The van der Waals surface area contributed by atoms with Crippen LogP contribution in [-0.2, 0) is 12.8 Å². The lowest BCUT2D eigenvalue weighted by molar-refractivity contribution is 0.668. The molecule has 2 aromatic heterocycles. The second-order valence-corrected chi connectivity index (χ2v) is 22.6. The molecule has 2 heterocycles. The fourth-order valence-electron chi connectivity index (χ4n) is 13.4. The van der Waals surface area contributed by atoms with Crippen LogP contribution in [0.25, 0.3) is 130 Å². The molecular weight excluding hydrogens is 1160 g/mol. The number of hydrogen-bond donors (Lipinski definition) is 0. The number of fused-ring (bicyclic) bond motifs is 16. The van der Waals surface area contributed by atoms with Gasteiger partial charge in [0.15, 0.2) is 0 Å². The minimum absolute atomic E-state index is 0. The third kappa shape index (κ3) is 14.0. The second kappa shape index (κ2) is 32.9. The third-order valence-corrected chi connectivity index (χ3v) is 17.6. The summed E-state index contributed by atoms with van der Waals surface area (Å²) in [6.07, 6.45) is 1.74. The minimum atomic E-state index is 0. The fraction of sp³-hybridized carbons (Fsp3) is 0.149. The van der Waals surface area contributed by atoms with Gasteiger partial charge in [-0.15, -0.1) is 0 Å². The molecule has 0 aliphatic heterocycles. The van der Waals surface area contributed by atoms with Crippen molar-refractivity contribution < 1.29 is 8.83 Å². The van der Waals surface area contributed by atoms with E-state index in [0.29, 0.717) is 0 Å². The SMILES string of the molecule is C.C.CC.CC.CC.CC.Cc1c2ccccc2c(Cc2ccc3oc4ccc5ccccc5c4c3c2)c2ccccc12.Cc1c2ccccc2c(Cc2cccc3oc4ccc5ccccc5c4c23)c2ccccc12.c1ccc2ccccc2c1.c1ccc2ccccc2c1. The molecule has 16 aromatic carbocycles. The van der Waals surface area contributed by atoms with Crippen molar-refractivity contribution in [2.45, 2.75) is 96.9 Å². The van der Waals surface area contributed by atoms with Crippen molar-refractivity contribution in [2.24, 2.45) is 0 Å². The molecule has 0 spiro atoms. The fourth-order valence-corrected chi connectivity index (χ4v) is 13.4. The van der Waals surface area contributed by atoms with Gasteiger partial charge in [-0.05, 0) is 177 Å². The first-order valence-corrected chi connectivity index (χ1v) is 33.8. The van der Waals surface area contributed by atoms with E-state index in [9.17, 15) is 0 Å². The second-order valence-electron chi connectivity index (χ2n) is 22.6. The quantitative estimate of drug-likeness (QED) is 0.164. The molecule has 2 heteroatoms. The molecule has 2 nitrogen and oxygen atoms in total. The maximum atomic E-state index is 6.33. The number of furan rings is 2. The molecule has 18 aromatic rings. The summed E-state index contributed by atoms with van der Waals surface area (Å²) in [4.78, 5) is 0. The monoisotopic (exact) mass is 1250 g/mol. The highest BCUT2D eigenvalue weighted by molar-refractivity contribution is 6.21. The van der Waals surface area contributed by atoms with E-state index >= 15 is 0 Å². The van der Waals surface area contributed by atoms with Crippen molar-refractivity contribution in [3.05, 3.63) is 337 Å². The standard InChI is InChI=1S/2C32H22O.2C10H8.4C2H6.2CH4/c1-20-23-11-4-6-14-26(23)28(27-15-7-5-12-24(20)27)19-22-10-8-16-29-31(22)32-25-13-3-2-9-21(25)17-18-30(32)33-29;1-20-23-9-4-6-12-26(23)28(27-13-7-5-10-24(20)27)18-21-14-16-30-29(19-21)32-25-11-3-2-8-22(25)15-17-31(32)33-30;2*1-2-6-10-8-4-3-7-9(10)5-1;4*1-2;;/h2-18H,19H2,1H3;2-17,19H,18H2,1H3;2*1-8H;4*1-2H3;2*1H4. The summed E-state index contributed by atoms with van der Waals surface area (Å²) in [5, 5.41) is 25.8. The molecule has 0 unspecified atom stereocenters. The predicted molar refractivity (Wildman–Crippen MR) is 427 cm³/mol. The summed E-state index contributed by atoms with van der Waals surface area (Å²) < 4.78 is 12.6. The lowest BCUT2D eigenvalue weighted by atomic mass is 9.88. The van der Waals surface area contributed by atoms with Gasteiger partial charge >= 0.3 is 0 Å². The van der Waals surface area contributed by atoms with Gasteiger partial charge in [0.2, 0.25) is 0 Å². The Labute approximate surface area is 569 Å². The van der Waals surface area contributed by atoms with Crippen LogP contribution in [0.3, 0.4) is 0 Å². The van der Waals surface area contributed by atoms with Crippen LogP contribution in [0.5, 0.6) is 0 Å². The van der Waals surface area contributed by atoms with Crippen molar-refractivity contribution in [3.63, 3.8) is 0 Å². The highest BCUT2D eigenvalue weighted by atomic mass is 16.3. The van der Waals surface area contributed by atoms with Crippen molar-refractivity contribution in [3.8, 4) is 0 Å². The van der Waals surface area contributed by atoms with E-state index in [1.54, 1.807) is 0 Å². The summed E-state index contributed by atoms with van der Waals surface area (Å²) in [5.74, 6) is 0. The van der Waals surface area contributed by atoms with E-state index in [-0.39, 0.29) is 14.9 Å². The van der Waals surface area contributed by atoms with Crippen LogP contribution in [0.4, 0.5) is 0 Å². The summed E-state index contributed by atoms with van der Waals surface area (Å²) in [6, 6.07) is 108. The summed E-state index contributed by atoms with van der Waals surface area (Å²) in [5.41, 5.74) is 11.9. The first-order valence-electron chi connectivity index (χ1n) is 33.8. The Hall–Kier alpha value is -10.8. The maximum absolute atomic E-state index is 6.33. The number of benzene rings is 16. The van der Waals surface area contributed by atoms with Crippen molar-refractivity contribution in [2.75, 3.05) is 0 Å². The molecule has 0 aliphatic rings. The van der Waals surface area contributed by atoms with E-state index in [1.807, 2.05) is 55.4 Å². The zero-order chi connectivity index (χ0) is 65.5. The zero-order valence-electron chi connectivity index (χ0n) is 56.1. The first-order chi connectivity index (χ1) is 46.5. The lowest BCUT2D eigenvalue weighted by Gasteiger charge is -2.15. The normalized spacial score (nSPS) is 10.5. The van der Waals surface area contributed by atoms with Crippen molar-refractivity contribution in [1.29, 1.82) is 0 Å². The van der Waals surface area contributed by atoms with Crippen LogP contribution in [0.2, 0.25) is 0 Å². The van der Waals surface area contributed by atoms with Gasteiger partial charge in [-0.2, -0.15) is 0 Å². The molecule has 0 radical (unpaired) electrons. The van der Waals surface area contributed by atoms with Gasteiger partial charge in [-0.25, -0.2) is 0 Å². The Bertz CT molecular complexity index is 5270. The molecule has 0 saturated carbocycles. The number of hydrogen-bond acceptors (Lipinski definition) is 2. The Morgan fingerprint density at radius 3 is 0.906 bits per heavy atom. The topological polar surface area (TPSA) is 26.3 Å². The average molecular weight is 1250 g/mol. The van der Waals surface area contributed by atoms with Gasteiger partial charge in [-0.1, -0.05) is 343 Å². The Balaban J connectivity index is 0.000000160. The molecule has 0 N–H and O–H groups in total. The largest absolute Gasteiger partial charge is 0.456 e. The van der Waals surface area contributed by atoms with Crippen LogP contribution in [0.15, 0.2) is 312 Å². The van der Waals surface area contributed by atoms with Crippen LogP contribution in [-0.4, -0.2) is 0 Å². The summed E-state index contributed by atoms with van der Waals surface area (Å²) >= 11 is 0. The molecule has 0 fully saturated rings. The van der Waals surface area contributed by atoms with Crippen LogP contribution >= 0.6 is 0 Å². The van der Waals surface area contributed by atoms with Crippen LogP contribution in [0, 0.1) is 13.8 Å². The average Bonchev–Trinajstić information content (AvgIpc) is 1.46. The molecule has 96 heavy (non-hydrogen) atoms. The number of aryl methyl sites for hydroxylation is 2. The van der Waals surface area contributed by atoms with Crippen molar-refractivity contribution in [1.82, 2.24) is 0 Å². The van der Waals surface area contributed by atoms with Crippen LogP contribution in [0.1, 0.15) is 104 Å². The van der Waals surface area contributed by atoms with Gasteiger partial charge in [0.05, 0.1) is 0 Å². The van der Waals surface area contributed by atoms with E-state index < -0.39 is 0 Å². The van der Waals surface area contributed by atoms with Crippen LogP contribution < -0.4 is 0 Å². The number of rotatable bonds is 4. The highest BCUT2D eigenvalue weighted by Gasteiger charge is 2.19. The molecule has 0 atom stereocenters. The van der Waals surface area contributed by atoms with E-state index in [0.717, 1.165) is 35.2 Å². The van der Waals surface area contributed by atoms with Gasteiger partial charge in [0.25, 0.3) is 0 Å². The summed E-state index contributed by atoms with van der Waals surface area (Å²) in [7, 11) is 0. The predicted octanol–water partition coefficient (Wildman–Crippen LogP) is 28.9. The minimum Gasteiger partial charge on any atom is -0.456 e. The molecular formula is C94H92O2. The van der Waals surface area contributed by atoms with Crippen molar-refractivity contribution >= 4 is 130 Å². The first kappa shape index (κ1) is 69.5. The molecule has 0 saturated heterocycles.